The number of nitrogens with zero attached hydrogens (tertiary/aromatic N) is 2. The fourth-order valence-electron chi connectivity index (χ4n) is 1.67. The summed E-state index contributed by atoms with van der Waals surface area (Å²) in [5.41, 5.74) is 2.29. The van der Waals surface area contributed by atoms with Crippen molar-refractivity contribution in [2.45, 2.75) is 20.3 Å². The van der Waals surface area contributed by atoms with Gasteiger partial charge in [-0.2, -0.15) is 5.26 Å². The Morgan fingerprint density at radius 1 is 1.44 bits per heavy atom. The van der Waals surface area contributed by atoms with E-state index in [-0.39, 0.29) is 0 Å². The molecule has 1 rings (SSSR count). The van der Waals surface area contributed by atoms with E-state index < -0.39 is 0 Å². The van der Waals surface area contributed by atoms with Crippen LogP contribution in [0.4, 0.5) is 0 Å². The zero-order chi connectivity index (χ0) is 13.4. The summed E-state index contributed by atoms with van der Waals surface area (Å²) >= 11 is 1.48. The molecule has 94 valence electrons. The van der Waals surface area contributed by atoms with Gasteiger partial charge in [-0.1, -0.05) is 35.5 Å². The van der Waals surface area contributed by atoms with Gasteiger partial charge >= 0.3 is 0 Å². The summed E-state index contributed by atoms with van der Waals surface area (Å²) in [6.45, 7) is 3.83. The van der Waals surface area contributed by atoms with Gasteiger partial charge in [-0.3, -0.25) is 0 Å². The highest BCUT2D eigenvalue weighted by Crippen LogP contribution is 2.31. The van der Waals surface area contributed by atoms with Crippen LogP contribution in [-0.4, -0.2) is 16.0 Å². The highest BCUT2D eigenvalue weighted by molar-refractivity contribution is 8.14. The first-order valence-corrected chi connectivity index (χ1v) is 6.71. The van der Waals surface area contributed by atoms with Gasteiger partial charge in [0.25, 0.3) is 0 Å². The third kappa shape index (κ3) is 3.38. The van der Waals surface area contributed by atoms with Crippen LogP contribution < -0.4 is 0 Å². The van der Waals surface area contributed by atoms with Crippen molar-refractivity contribution in [3.63, 3.8) is 0 Å². The van der Waals surface area contributed by atoms with Gasteiger partial charge in [-0.15, -0.1) is 11.8 Å². The molecule has 1 aliphatic rings. The molecule has 0 amide bonds. The van der Waals surface area contributed by atoms with E-state index in [1.54, 1.807) is 0 Å². The maximum atomic E-state index is 9.31. The summed E-state index contributed by atoms with van der Waals surface area (Å²) in [6, 6.07) is 2.22. The van der Waals surface area contributed by atoms with Crippen molar-refractivity contribution in [2.75, 3.05) is 5.75 Å². The molecule has 0 aliphatic carbocycles. The fourth-order valence-corrected chi connectivity index (χ4v) is 2.60. The zero-order valence-corrected chi connectivity index (χ0v) is 11.4. The molecule has 0 aromatic rings. The quantitative estimate of drug-likeness (QED) is 0.363. The first-order valence-electron chi connectivity index (χ1n) is 5.73. The second-order valence-corrected chi connectivity index (χ2v) is 4.68. The summed E-state index contributed by atoms with van der Waals surface area (Å²) in [4.78, 5) is 0. The van der Waals surface area contributed by atoms with E-state index in [9.17, 15) is 5.26 Å². The molecule has 1 fully saturated rings. The summed E-state index contributed by atoms with van der Waals surface area (Å²) in [6.07, 6.45) is 10.3. The standard InChI is InChI=1S/C14H16N2OS/c1-3-5-6-7-11(4-2)13(10-15)12-8-9-18-14(12)16-17/h3-7,17H,8-9H2,1-2H3/b5-3-,7-6-,11-4-,13-12+,16-14-. The maximum absolute atomic E-state index is 9.31. The minimum absolute atomic E-state index is 0.560. The molecule has 1 aliphatic heterocycles. The first kappa shape index (κ1) is 14.3. The summed E-state index contributed by atoms with van der Waals surface area (Å²) in [5.74, 6) is 0.857. The molecular formula is C14H16N2OS. The predicted octanol–water partition coefficient (Wildman–Crippen LogP) is 3.81. The third-order valence-electron chi connectivity index (χ3n) is 2.53. The number of oxime groups is 1. The number of nitriles is 1. The smallest absolute Gasteiger partial charge is 0.140 e. The number of allylic oxidation sites excluding steroid dienone is 7. The summed E-state index contributed by atoms with van der Waals surface area (Å²) < 4.78 is 0. The number of thioether (sulfide) groups is 1. The van der Waals surface area contributed by atoms with Gasteiger partial charge in [0, 0.05) is 11.3 Å². The van der Waals surface area contributed by atoms with Gasteiger partial charge in [-0.05, 0) is 25.8 Å². The zero-order valence-electron chi connectivity index (χ0n) is 10.6. The molecule has 1 heterocycles. The van der Waals surface area contributed by atoms with Crippen LogP contribution in [0.25, 0.3) is 0 Å². The normalized spacial score (nSPS) is 22.1. The molecular weight excluding hydrogens is 244 g/mol. The van der Waals surface area contributed by atoms with Crippen molar-refractivity contribution >= 4 is 16.8 Å². The van der Waals surface area contributed by atoms with Crippen LogP contribution in [0.1, 0.15) is 20.3 Å². The Balaban J connectivity index is 3.17. The Hall–Kier alpha value is -1.73. The second kappa shape index (κ2) is 7.57. The molecule has 3 nitrogen and oxygen atoms in total. The molecule has 0 aromatic heterocycles. The Morgan fingerprint density at radius 2 is 2.22 bits per heavy atom. The van der Waals surface area contributed by atoms with Crippen molar-refractivity contribution in [1.82, 2.24) is 0 Å². The fraction of sp³-hybridized carbons (Fsp3) is 0.286. The highest BCUT2D eigenvalue weighted by atomic mass is 32.2. The molecule has 0 saturated carbocycles. The summed E-state index contributed by atoms with van der Waals surface area (Å²) in [7, 11) is 0. The molecule has 0 radical (unpaired) electrons. The van der Waals surface area contributed by atoms with E-state index in [1.807, 2.05) is 44.2 Å². The lowest BCUT2D eigenvalue weighted by Crippen LogP contribution is -1.97. The Labute approximate surface area is 112 Å². The minimum atomic E-state index is 0.560. The van der Waals surface area contributed by atoms with Crippen LogP contribution in [-0.2, 0) is 0 Å². The van der Waals surface area contributed by atoms with Crippen molar-refractivity contribution in [3.05, 3.63) is 47.1 Å². The van der Waals surface area contributed by atoms with Crippen molar-refractivity contribution < 1.29 is 5.21 Å². The van der Waals surface area contributed by atoms with E-state index in [4.69, 9.17) is 5.21 Å². The van der Waals surface area contributed by atoms with Gasteiger partial charge in [0.1, 0.15) is 11.1 Å². The molecule has 0 spiro atoms. The lowest BCUT2D eigenvalue weighted by atomic mass is 9.99. The van der Waals surface area contributed by atoms with Crippen molar-refractivity contribution in [1.29, 1.82) is 5.26 Å². The molecule has 0 unspecified atom stereocenters. The first-order chi connectivity index (χ1) is 8.78. The van der Waals surface area contributed by atoms with Crippen LogP contribution in [0, 0.1) is 11.3 Å². The Morgan fingerprint density at radius 3 is 2.78 bits per heavy atom. The van der Waals surface area contributed by atoms with E-state index >= 15 is 0 Å². The molecule has 18 heavy (non-hydrogen) atoms. The monoisotopic (exact) mass is 260 g/mol. The lowest BCUT2D eigenvalue weighted by Gasteiger charge is -2.04. The lowest BCUT2D eigenvalue weighted by molar-refractivity contribution is 0.321. The highest BCUT2D eigenvalue weighted by Gasteiger charge is 2.22. The van der Waals surface area contributed by atoms with Gasteiger partial charge < -0.3 is 5.21 Å². The van der Waals surface area contributed by atoms with Crippen LogP contribution in [0.15, 0.2) is 52.3 Å². The molecule has 0 atom stereocenters. The molecule has 1 N–H and O–H groups in total. The minimum Gasteiger partial charge on any atom is -0.410 e. The largest absolute Gasteiger partial charge is 0.410 e. The molecule has 0 aromatic carbocycles. The van der Waals surface area contributed by atoms with Gasteiger partial charge in [-0.25, -0.2) is 0 Å². The van der Waals surface area contributed by atoms with Gasteiger partial charge in [0.2, 0.25) is 0 Å². The maximum Gasteiger partial charge on any atom is 0.140 e. The number of hydrogen-bond donors (Lipinski definition) is 1. The Bertz CT molecular complexity index is 490. The van der Waals surface area contributed by atoms with E-state index in [0.717, 1.165) is 23.3 Å². The Kier molecular flexibility index (Phi) is 6.03. The SMILES string of the molecule is C\C=C/C=C\C(=C\C)C(\C#N)=C1/CCS/C1=N\O. The predicted molar refractivity (Wildman–Crippen MR) is 76.6 cm³/mol. The van der Waals surface area contributed by atoms with E-state index in [1.165, 1.54) is 11.8 Å². The molecule has 4 heteroatoms. The molecule has 1 saturated heterocycles. The number of hydrogen-bond acceptors (Lipinski definition) is 4. The van der Waals surface area contributed by atoms with Crippen LogP contribution in [0.2, 0.25) is 0 Å². The van der Waals surface area contributed by atoms with E-state index in [2.05, 4.69) is 11.2 Å². The van der Waals surface area contributed by atoms with Crippen LogP contribution in [0.5, 0.6) is 0 Å². The van der Waals surface area contributed by atoms with Crippen LogP contribution in [0.3, 0.4) is 0 Å². The van der Waals surface area contributed by atoms with Crippen molar-refractivity contribution in [2.24, 2.45) is 5.16 Å². The second-order valence-electron chi connectivity index (χ2n) is 3.60. The van der Waals surface area contributed by atoms with Gasteiger partial charge in [0.15, 0.2) is 0 Å². The third-order valence-corrected chi connectivity index (χ3v) is 3.54. The number of rotatable bonds is 3. The molecule has 0 bridgehead atoms. The average molecular weight is 260 g/mol. The van der Waals surface area contributed by atoms with Crippen molar-refractivity contribution in [3.8, 4) is 6.07 Å². The summed E-state index contributed by atoms with van der Waals surface area (Å²) in [5, 5.41) is 22.1. The topological polar surface area (TPSA) is 56.4 Å². The average Bonchev–Trinajstić information content (AvgIpc) is 2.86. The van der Waals surface area contributed by atoms with Gasteiger partial charge in [0.05, 0.1) is 5.57 Å². The van der Waals surface area contributed by atoms with Crippen LogP contribution >= 0.6 is 11.8 Å². The van der Waals surface area contributed by atoms with E-state index in [0.29, 0.717) is 10.6 Å².